The van der Waals surface area contributed by atoms with Gasteiger partial charge < -0.3 is 11.1 Å². The van der Waals surface area contributed by atoms with E-state index in [9.17, 15) is 4.79 Å². The number of nitrogens with one attached hydrogen (secondary N) is 1. The number of carbonyl (C=O) groups excluding carboxylic acids is 1. The lowest BCUT2D eigenvalue weighted by Gasteiger charge is -2.26. The number of rotatable bonds is 6. The van der Waals surface area contributed by atoms with Gasteiger partial charge >= 0.3 is 0 Å². The van der Waals surface area contributed by atoms with Crippen LogP contribution in [0.1, 0.15) is 31.4 Å². The third-order valence-corrected chi connectivity index (χ3v) is 4.34. The maximum absolute atomic E-state index is 12.1. The van der Waals surface area contributed by atoms with Gasteiger partial charge in [-0.2, -0.15) is 0 Å². The second kappa shape index (κ2) is 8.95. The third kappa shape index (κ3) is 5.43. The number of para-hydroxylation sites is 1. The van der Waals surface area contributed by atoms with Gasteiger partial charge in [0.2, 0.25) is 5.91 Å². The van der Waals surface area contributed by atoms with E-state index in [4.69, 9.17) is 17.3 Å². The van der Waals surface area contributed by atoms with Crippen LogP contribution in [0.4, 0.5) is 5.69 Å². The second-order valence-corrected chi connectivity index (χ2v) is 6.75. The van der Waals surface area contributed by atoms with Gasteiger partial charge in [0.15, 0.2) is 0 Å². The maximum Gasteiger partial charge on any atom is 0.220 e. The quantitative estimate of drug-likeness (QED) is 0.745. The number of hydrogen-bond donors (Lipinski definition) is 2. The number of anilines is 1. The smallest absolute Gasteiger partial charge is 0.220 e. The van der Waals surface area contributed by atoms with Crippen molar-refractivity contribution in [1.29, 1.82) is 0 Å². The van der Waals surface area contributed by atoms with Gasteiger partial charge in [-0.15, -0.1) is 12.4 Å². The lowest BCUT2D eigenvalue weighted by atomic mass is 9.84. The van der Waals surface area contributed by atoms with E-state index in [1.807, 2.05) is 48.5 Å². The number of hydrogen-bond acceptors (Lipinski definition) is 2. The molecule has 0 aliphatic carbocycles. The molecule has 3 N–H and O–H groups in total. The van der Waals surface area contributed by atoms with Crippen molar-refractivity contribution in [2.75, 3.05) is 12.3 Å². The Balaban J connectivity index is 0.00000288. The van der Waals surface area contributed by atoms with Crippen LogP contribution in [0.15, 0.2) is 48.5 Å². The molecule has 130 valence electrons. The number of halogens is 2. The monoisotopic (exact) mass is 366 g/mol. The van der Waals surface area contributed by atoms with Crippen LogP contribution in [0.25, 0.3) is 0 Å². The molecule has 2 aromatic rings. The number of amides is 1. The van der Waals surface area contributed by atoms with E-state index in [0.717, 1.165) is 21.8 Å². The molecule has 0 spiro atoms. The highest BCUT2D eigenvalue weighted by molar-refractivity contribution is 6.31. The minimum atomic E-state index is -0.222. The van der Waals surface area contributed by atoms with Gasteiger partial charge in [0, 0.05) is 29.1 Å². The maximum atomic E-state index is 12.1. The first-order valence-electron chi connectivity index (χ1n) is 7.75. The molecule has 0 unspecified atom stereocenters. The van der Waals surface area contributed by atoms with Crippen molar-refractivity contribution >= 4 is 35.6 Å². The molecule has 0 aromatic heterocycles. The van der Waals surface area contributed by atoms with E-state index in [1.165, 1.54) is 0 Å². The van der Waals surface area contributed by atoms with Crippen LogP contribution >= 0.6 is 24.0 Å². The number of benzene rings is 2. The lowest BCUT2D eigenvalue weighted by molar-refractivity contribution is -0.121. The molecule has 2 aromatic carbocycles. The van der Waals surface area contributed by atoms with Crippen molar-refractivity contribution in [3.05, 3.63) is 64.7 Å². The van der Waals surface area contributed by atoms with Gasteiger partial charge in [0.25, 0.3) is 0 Å². The molecule has 0 saturated carbocycles. The number of carbonyl (C=O) groups is 1. The summed E-state index contributed by atoms with van der Waals surface area (Å²) in [6.07, 6.45) is 1.07. The SMILES string of the molecule is CC(C)(CNC(=O)CCc1ccccc1N)c1ccccc1Cl.Cl. The molecule has 0 fully saturated rings. The molecule has 3 nitrogen and oxygen atoms in total. The van der Waals surface area contributed by atoms with Gasteiger partial charge in [0.1, 0.15) is 0 Å². The zero-order valence-electron chi connectivity index (χ0n) is 14.0. The van der Waals surface area contributed by atoms with Crippen molar-refractivity contribution in [3.63, 3.8) is 0 Å². The standard InChI is InChI=1S/C19H23ClN2O.ClH/c1-19(2,15-8-4-5-9-16(15)20)13-22-18(23)12-11-14-7-3-6-10-17(14)21;/h3-10H,11-13,21H2,1-2H3,(H,22,23);1H. The van der Waals surface area contributed by atoms with Gasteiger partial charge in [-0.05, 0) is 29.7 Å². The van der Waals surface area contributed by atoms with E-state index in [2.05, 4.69) is 19.2 Å². The van der Waals surface area contributed by atoms with Crippen LogP contribution in [0, 0.1) is 0 Å². The predicted octanol–water partition coefficient (Wildman–Crippen LogP) is 4.37. The Hall–Kier alpha value is -1.71. The van der Waals surface area contributed by atoms with Gasteiger partial charge in [-0.3, -0.25) is 4.79 Å². The molecule has 0 aliphatic rings. The first-order chi connectivity index (χ1) is 10.9. The van der Waals surface area contributed by atoms with Gasteiger partial charge in [-0.25, -0.2) is 0 Å². The summed E-state index contributed by atoms with van der Waals surface area (Å²) in [6.45, 7) is 4.69. The normalized spacial score (nSPS) is 10.8. The second-order valence-electron chi connectivity index (χ2n) is 6.34. The molecule has 0 bridgehead atoms. The van der Waals surface area contributed by atoms with Crippen molar-refractivity contribution < 1.29 is 4.79 Å². The average molecular weight is 367 g/mol. The van der Waals surface area contributed by atoms with Crippen molar-refractivity contribution in [3.8, 4) is 0 Å². The molecule has 5 heteroatoms. The van der Waals surface area contributed by atoms with Crippen LogP contribution in [-0.2, 0) is 16.6 Å². The molecule has 24 heavy (non-hydrogen) atoms. The molecule has 0 aliphatic heterocycles. The van der Waals surface area contributed by atoms with Gasteiger partial charge in [0.05, 0.1) is 0 Å². The van der Waals surface area contributed by atoms with Crippen molar-refractivity contribution in [2.24, 2.45) is 0 Å². The summed E-state index contributed by atoms with van der Waals surface area (Å²) in [7, 11) is 0. The fourth-order valence-corrected chi connectivity index (χ4v) is 2.91. The number of aryl methyl sites for hydroxylation is 1. The Morgan fingerprint density at radius 1 is 1.12 bits per heavy atom. The Morgan fingerprint density at radius 2 is 1.75 bits per heavy atom. The van der Waals surface area contributed by atoms with Crippen LogP contribution in [0.5, 0.6) is 0 Å². The summed E-state index contributed by atoms with van der Waals surface area (Å²) in [5.41, 5.74) is 8.45. The van der Waals surface area contributed by atoms with E-state index in [-0.39, 0.29) is 23.7 Å². The van der Waals surface area contributed by atoms with E-state index in [1.54, 1.807) is 0 Å². The molecule has 0 radical (unpaired) electrons. The Labute approximate surface area is 155 Å². The van der Waals surface area contributed by atoms with E-state index in [0.29, 0.717) is 19.4 Å². The predicted molar refractivity (Wildman–Crippen MR) is 104 cm³/mol. The van der Waals surface area contributed by atoms with Crippen molar-refractivity contribution in [2.45, 2.75) is 32.1 Å². The first-order valence-corrected chi connectivity index (χ1v) is 8.13. The fraction of sp³-hybridized carbons (Fsp3) is 0.316. The molecule has 1 amide bonds. The Morgan fingerprint density at radius 3 is 2.42 bits per heavy atom. The molecule has 0 atom stereocenters. The zero-order valence-corrected chi connectivity index (χ0v) is 15.6. The molecule has 0 heterocycles. The lowest BCUT2D eigenvalue weighted by Crippen LogP contribution is -2.37. The molecule has 0 saturated heterocycles. The minimum Gasteiger partial charge on any atom is -0.399 e. The summed E-state index contributed by atoms with van der Waals surface area (Å²) in [6, 6.07) is 15.4. The Bertz CT molecular complexity index is 687. The summed E-state index contributed by atoms with van der Waals surface area (Å²) in [5.74, 6) is 0.0216. The summed E-state index contributed by atoms with van der Waals surface area (Å²) in [4.78, 5) is 12.1. The highest BCUT2D eigenvalue weighted by Gasteiger charge is 2.23. The van der Waals surface area contributed by atoms with Crippen LogP contribution in [0.2, 0.25) is 5.02 Å². The van der Waals surface area contributed by atoms with Crippen LogP contribution in [-0.4, -0.2) is 12.5 Å². The largest absolute Gasteiger partial charge is 0.399 e. The molecule has 2 rings (SSSR count). The highest BCUT2D eigenvalue weighted by atomic mass is 35.5. The minimum absolute atomic E-state index is 0. The van der Waals surface area contributed by atoms with Crippen LogP contribution < -0.4 is 11.1 Å². The highest BCUT2D eigenvalue weighted by Crippen LogP contribution is 2.29. The van der Waals surface area contributed by atoms with Gasteiger partial charge in [-0.1, -0.05) is 61.8 Å². The molecular weight excluding hydrogens is 343 g/mol. The summed E-state index contributed by atoms with van der Waals surface area (Å²) in [5, 5.41) is 3.73. The summed E-state index contributed by atoms with van der Waals surface area (Å²) >= 11 is 6.26. The van der Waals surface area contributed by atoms with E-state index >= 15 is 0 Å². The zero-order chi connectivity index (χ0) is 16.9. The van der Waals surface area contributed by atoms with Crippen LogP contribution in [0.3, 0.4) is 0 Å². The first kappa shape index (κ1) is 20.3. The third-order valence-electron chi connectivity index (χ3n) is 4.01. The topological polar surface area (TPSA) is 55.1 Å². The summed E-state index contributed by atoms with van der Waals surface area (Å²) < 4.78 is 0. The fourth-order valence-electron chi connectivity index (χ4n) is 2.52. The van der Waals surface area contributed by atoms with E-state index < -0.39 is 0 Å². The average Bonchev–Trinajstić information content (AvgIpc) is 2.52. The Kier molecular flexibility index (Phi) is 7.59. The van der Waals surface area contributed by atoms with Crippen molar-refractivity contribution in [1.82, 2.24) is 5.32 Å². The molecular formula is C19H24Cl2N2O. The number of nitrogens with two attached hydrogens (primary N) is 1. The number of nitrogen functional groups attached to an aromatic ring is 1.